The standard InChI is InChI=1S/C21H20ClN3O3/c1-21(15-9-3-4-10-16(15)22)19(27)25(20(28)23-21)13-18(26)24-12-6-8-14-7-2-5-11-17(14)24/h2-5,7,9-11H,6,8,12-13H2,1H3,(H,23,28)/t21-/m1/s1. The molecule has 2 aliphatic heterocycles. The Kier molecular flexibility index (Phi) is 4.59. The Hall–Kier alpha value is -2.86. The fourth-order valence-corrected chi connectivity index (χ4v) is 4.23. The summed E-state index contributed by atoms with van der Waals surface area (Å²) in [4.78, 5) is 41.2. The summed E-state index contributed by atoms with van der Waals surface area (Å²) in [5, 5.41) is 3.08. The maximum Gasteiger partial charge on any atom is 0.325 e. The lowest BCUT2D eigenvalue weighted by Gasteiger charge is -2.30. The van der Waals surface area contributed by atoms with Crippen molar-refractivity contribution >= 4 is 35.1 Å². The van der Waals surface area contributed by atoms with Crippen molar-refractivity contribution < 1.29 is 14.4 Å². The molecule has 6 nitrogen and oxygen atoms in total. The van der Waals surface area contributed by atoms with Gasteiger partial charge in [0.2, 0.25) is 5.91 Å². The molecular weight excluding hydrogens is 378 g/mol. The number of fused-ring (bicyclic) bond motifs is 1. The molecule has 1 fully saturated rings. The van der Waals surface area contributed by atoms with Gasteiger partial charge in [0.05, 0.1) is 0 Å². The fraction of sp³-hybridized carbons (Fsp3) is 0.286. The molecule has 144 valence electrons. The van der Waals surface area contributed by atoms with Crippen molar-refractivity contribution in [3.8, 4) is 0 Å². The second-order valence-electron chi connectivity index (χ2n) is 7.20. The molecule has 2 aliphatic rings. The first kappa shape index (κ1) is 18.5. The molecule has 4 amide bonds. The Labute approximate surface area is 168 Å². The first-order valence-corrected chi connectivity index (χ1v) is 9.57. The smallest absolute Gasteiger partial charge is 0.319 e. The summed E-state index contributed by atoms with van der Waals surface area (Å²) in [5.74, 6) is -0.761. The predicted octanol–water partition coefficient (Wildman–Crippen LogP) is 3.09. The number of carbonyl (C=O) groups is 3. The van der Waals surface area contributed by atoms with Crippen molar-refractivity contribution in [2.24, 2.45) is 0 Å². The van der Waals surface area contributed by atoms with Gasteiger partial charge in [0.1, 0.15) is 12.1 Å². The number of halogens is 1. The topological polar surface area (TPSA) is 69.7 Å². The van der Waals surface area contributed by atoms with Crippen molar-refractivity contribution in [3.05, 3.63) is 64.7 Å². The summed E-state index contributed by atoms with van der Waals surface area (Å²) in [5.41, 5.74) is 1.16. The summed E-state index contributed by atoms with van der Waals surface area (Å²) >= 11 is 6.24. The summed E-state index contributed by atoms with van der Waals surface area (Å²) < 4.78 is 0. The Morgan fingerprint density at radius 3 is 2.64 bits per heavy atom. The largest absolute Gasteiger partial charge is 0.325 e. The van der Waals surface area contributed by atoms with Crippen LogP contribution in [0.2, 0.25) is 5.02 Å². The van der Waals surface area contributed by atoms with Gasteiger partial charge in [0.25, 0.3) is 5.91 Å². The third-order valence-corrected chi connectivity index (χ3v) is 5.72. The highest BCUT2D eigenvalue weighted by molar-refractivity contribution is 6.32. The van der Waals surface area contributed by atoms with Crippen molar-refractivity contribution in [1.82, 2.24) is 10.2 Å². The van der Waals surface area contributed by atoms with Crippen LogP contribution in [-0.2, 0) is 21.5 Å². The lowest BCUT2D eigenvalue weighted by Crippen LogP contribution is -2.46. The second kappa shape index (κ2) is 6.95. The molecule has 0 saturated carbocycles. The molecule has 2 aromatic carbocycles. The SMILES string of the molecule is C[C@]1(c2ccccc2Cl)NC(=O)N(CC(=O)N2CCCc3ccccc32)C1=O. The Morgan fingerprint density at radius 2 is 1.86 bits per heavy atom. The van der Waals surface area contributed by atoms with E-state index >= 15 is 0 Å². The number of aryl methyl sites for hydroxylation is 1. The molecular formula is C21H20ClN3O3. The van der Waals surface area contributed by atoms with Crippen LogP contribution in [0.25, 0.3) is 0 Å². The summed E-state index contributed by atoms with van der Waals surface area (Å²) in [6, 6.07) is 14.0. The van der Waals surface area contributed by atoms with E-state index in [-0.39, 0.29) is 12.5 Å². The Bertz CT molecular complexity index is 977. The van der Waals surface area contributed by atoms with Gasteiger partial charge in [-0.1, -0.05) is 48.0 Å². The van der Waals surface area contributed by atoms with Gasteiger partial charge in [-0.3, -0.25) is 14.5 Å². The third-order valence-electron chi connectivity index (χ3n) is 5.39. The molecule has 0 radical (unpaired) electrons. The van der Waals surface area contributed by atoms with Gasteiger partial charge in [-0.15, -0.1) is 0 Å². The molecule has 0 bridgehead atoms. The third kappa shape index (κ3) is 2.94. The number of anilines is 1. The van der Waals surface area contributed by atoms with E-state index in [4.69, 9.17) is 11.6 Å². The van der Waals surface area contributed by atoms with Crippen molar-refractivity contribution in [3.63, 3.8) is 0 Å². The average molecular weight is 398 g/mol. The number of imide groups is 1. The van der Waals surface area contributed by atoms with Crippen LogP contribution in [0.1, 0.15) is 24.5 Å². The van der Waals surface area contributed by atoms with E-state index in [0.29, 0.717) is 17.1 Å². The zero-order valence-corrected chi connectivity index (χ0v) is 16.2. The number of hydrogen-bond acceptors (Lipinski definition) is 3. The Morgan fingerprint density at radius 1 is 1.14 bits per heavy atom. The lowest BCUT2D eigenvalue weighted by molar-refractivity contribution is -0.134. The number of nitrogens with one attached hydrogen (secondary N) is 1. The highest BCUT2D eigenvalue weighted by Gasteiger charge is 2.50. The molecule has 1 N–H and O–H groups in total. The molecule has 0 aromatic heterocycles. The highest BCUT2D eigenvalue weighted by Crippen LogP contribution is 2.34. The van der Waals surface area contributed by atoms with Crippen LogP contribution in [0, 0.1) is 0 Å². The first-order valence-electron chi connectivity index (χ1n) is 9.19. The molecule has 4 rings (SSSR count). The Balaban J connectivity index is 1.58. The van der Waals surface area contributed by atoms with Crippen LogP contribution in [0.3, 0.4) is 0 Å². The van der Waals surface area contributed by atoms with Crippen LogP contribution in [0.4, 0.5) is 10.5 Å². The first-order chi connectivity index (χ1) is 13.4. The summed E-state index contributed by atoms with van der Waals surface area (Å²) in [6.07, 6.45) is 1.76. The maximum absolute atomic E-state index is 13.1. The van der Waals surface area contributed by atoms with Crippen LogP contribution >= 0.6 is 11.6 Å². The van der Waals surface area contributed by atoms with Crippen molar-refractivity contribution in [2.75, 3.05) is 18.0 Å². The van der Waals surface area contributed by atoms with Gasteiger partial charge in [-0.2, -0.15) is 0 Å². The number of amides is 4. The minimum absolute atomic E-state index is 0.279. The lowest BCUT2D eigenvalue weighted by atomic mass is 9.92. The van der Waals surface area contributed by atoms with Gasteiger partial charge in [0, 0.05) is 22.8 Å². The predicted molar refractivity (Wildman–Crippen MR) is 106 cm³/mol. The van der Waals surface area contributed by atoms with Crippen LogP contribution < -0.4 is 10.2 Å². The molecule has 2 heterocycles. The number of nitrogens with zero attached hydrogens (tertiary/aromatic N) is 2. The van der Waals surface area contributed by atoms with E-state index in [1.54, 1.807) is 36.1 Å². The maximum atomic E-state index is 13.1. The number of hydrogen-bond donors (Lipinski definition) is 1. The minimum Gasteiger partial charge on any atom is -0.319 e. The number of carbonyl (C=O) groups excluding carboxylic acids is 3. The molecule has 1 saturated heterocycles. The van der Waals surface area contributed by atoms with Gasteiger partial charge in [-0.25, -0.2) is 4.79 Å². The minimum atomic E-state index is -1.30. The van der Waals surface area contributed by atoms with Crippen LogP contribution in [-0.4, -0.2) is 35.8 Å². The molecule has 2 aromatic rings. The number of benzene rings is 2. The van der Waals surface area contributed by atoms with Gasteiger partial charge >= 0.3 is 6.03 Å². The summed E-state index contributed by atoms with van der Waals surface area (Å²) in [7, 11) is 0. The van der Waals surface area contributed by atoms with E-state index < -0.39 is 17.5 Å². The monoisotopic (exact) mass is 397 g/mol. The van der Waals surface area contributed by atoms with Crippen LogP contribution in [0.15, 0.2) is 48.5 Å². The second-order valence-corrected chi connectivity index (χ2v) is 7.61. The van der Waals surface area contributed by atoms with E-state index in [0.717, 1.165) is 29.0 Å². The van der Waals surface area contributed by atoms with E-state index in [2.05, 4.69) is 5.32 Å². The number of urea groups is 1. The van der Waals surface area contributed by atoms with Crippen LogP contribution in [0.5, 0.6) is 0 Å². The molecule has 1 atom stereocenters. The molecule has 0 aliphatic carbocycles. The zero-order valence-electron chi connectivity index (χ0n) is 15.4. The molecule has 7 heteroatoms. The summed E-state index contributed by atoms with van der Waals surface area (Å²) in [6.45, 7) is 1.87. The van der Waals surface area contributed by atoms with Gasteiger partial charge < -0.3 is 10.2 Å². The number of rotatable bonds is 3. The quantitative estimate of drug-likeness (QED) is 0.809. The van der Waals surface area contributed by atoms with E-state index in [1.807, 2.05) is 24.3 Å². The van der Waals surface area contributed by atoms with Crippen molar-refractivity contribution in [1.29, 1.82) is 0 Å². The molecule has 28 heavy (non-hydrogen) atoms. The van der Waals surface area contributed by atoms with Gasteiger partial charge in [0.15, 0.2) is 0 Å². The molecule has 0 spiro atoms. The van der Waals surface area contributed by atoms with E-state index in [9.17, 15) is 14.4 Å². The normalized spacial score (nSPS) is 21.5. The van der Waals surface area contributed by atoms with Gasteiger partial charge in [-0.05, 0) is 37.5 Å². The fourth-order valence-electron chi connectivity index (χ4n) is 3.90. The zero-order chi connectivity index (χ0) is 19.9. The van der Waals surface area contributed by atoms with E-state index in [1.165, 1.54) is 0 Å². The average Bonchev–Trinajstić information content (AvgIpc) is 2.91. The number of para-hydroxylation sites is 1. The van der Waals surface area contributed by atoms with Crippen molar-refractivity contribution in [2.45, 2.75) is 25.3 Å². The highest BCUT2D eigenvalue weighted by atomic mass is 35.5. The molecule has 0 unspecified atom stereocenters.